The highest BCUT2D eigenvalue weighted by molar-refractivity contribution is 5.76. The molecule has 1 atom stereocenters. The van der Waals surface area contributed by atoms with Crippen LogP contribution in [0.25, 0.3) is 0 Å². The Morgan fingerprint density at radius 2 is 2.14 bits per heavy atom. The third kappa shape index (κ3) is 5.06. The second kappa shape index (κ2) is 7.62. The summed E-state index contributed by atoms with van der Waals surface area (Å²) in [5, 5.41) is 21.5. The summed E-state index contributed by atoms with van der Waals surface area (Å²) in [6.07, 6.45) is -0.155. The van der Waals surface area contributed by atoms with Gasteiger partial charge in [0.2, 0.25) is 5.91 Å². The summed E-state index contributed by atoms with van der Waals surface area (Å²) in [7, 11) is 0. The number of ether oxygens (including phenoxy) is 1. The number of nitrogens with zero attached hydrogens (tertiary/aromatic N) is 2. The van der Waals surface area contributed by atoms with Crippen molar-refractivity contribution in [2.75, 3.05) is 32.8 Å². The number of aliphatic hydroxyl groups excluding tert-OH is 1. The Morgan fingerprint density at radius 1 is 1.38 bits per heavy atom. The molecule has 1 fully saturated rings. The van der Waals surface area contributed by atoms with E-state index in [2.05, 4.69) is 5.32 Å². The zero-order valence-corrected chi connectivity index (χ0v) is 11.8. The molecular weight excluding hydrogens is 270 g/mol. The molecule has 1 aliphatic rings. The van der Waals surface area contributed by atoms with Gasteiger partial charge in [0, 0.05) is 32.6 Å². The average Bonchev–Trinajstić information content (AvgIpc) is 2.70. The number of amides is 1. The highest BCUT2D eigenvalue weighted by Crippen LogP contribution is 2.12. The van der Waals surface area contributed by atoms with Crippen molar-refractivity contribution in [3.8, 4) is 11.8 Å². The molecule has 1 aliphatic heterocycles. The van der Waals surface area contributed by atoms with Crippen molar-refractivity contribution in [1.29, 1.82) is 5.26 Å². The van der Waals surface area contributed by atoms with E-state index in [9.17, 15) is 9.90 Å². The summed E-state index contributed by atoms with van der Waals surface area (Å²) in [6, 6.07) is 8.80. The molecule has 0 bridgehead atoms. The highest BCUT2D eigenvalue weighted by atomic mass is 16.5. The smallest absolute Gasteiger partial charge is 0.221 e. The molecule has 2 rings (SSSR count). The normalized spacial score (nSPS) is 17.4. The number of carbonyl (C=O) groups excluding carboxylic acids is 1. The minimum absolute atomic E-state index is 0.0563. The molecule has 6 nitrogen and oxygen atoms in total. The van der Waals surface area contributed by atoms with Crippen molar-refractivity contribution in [3.05, 3.63) is 29.8 Å². The summed E-state index contributed by atoms with van der Waals surface area (Å²) in [5.74, 6) is 0.682. The van der Waals surface area contributed by atoms with Crippen LogP contribution in [0.1, 0.15) is 12.0 Å². The number of β-amino-alcohol motifs (C(OH)–C–C–N with tert-alkyl or cyclic N) is 1. The zero-order valence-electron chi connectivity index (χ0n) is 11.8. The van der Waals surface area contributed by atoms with Crippen molar-refractivity contribution in [2.45, 2.75) is 12.5 Å². The topological polar surface area (TPSA) is 85.6 Å². The van der Waals surface area contributed by atoms with Gasteiger partial charge in [-0.1, -0.05) is 0 Å². The Balaban J connectivity index is 1.74. The number of aliphatic hydroxyl groups is 1. The fourth-order valence-corrected chi connectivity index (χ4v) is 2.16. The van der Waals surface area contributed by atoms with Gasteiger partial charge in [-0.25, -0.2) is 0 Å². The van der Waals surface area contributed by atoms with Crippen LogP contribution in [-0.2, 0) is 4.79 Å². The van der Waals surface area contributed by atoms with Crippen molar-refractivity contribution in [1.82, 2.24) is 10.2 Å². The summed E-state index contributed by atoms with van der Waals surface area (Å²) in [5.41, 5.74) is 0.574. The molecule has 1 saturated heterocycles. The number of carbonyl (C=O) groups is 1. The first-order valence-electron chi connectivity index (χ1n) is 6.97. The maximum Gasteiger partial charge on any atom is 0.221 e. The van der Waals surface area contributed by atoms with Crippen LogP contribution < -0.4 is 10.1 Å². The molecule has 21 heavy (non-hydrogen) atoms. The van der Waals surface area contributed by atoms with Gasteiger partial charge in [-0.05, 0) is 24.3 Å². The van der Waals surface area contributed by atoms with Gasteiger partial charge in [0.25, 0.3) is 0 Å². The van der Waals surface area contributed by atoms with E-state index < -0.39 is 6.10 Å². The van der Waals surface area contributed by atoms with E-state index in [1.165, 1.54) is 0 Å². The molecule has 1 aromatic rings. The molecular formula is C15H19N3O3. The molecule has 0 radical (unpaired) electrons. The molecule has 112 valence electrons. The Morgan fingerprint density at radius 3 is 2.86 bits per heavy atom. The molecule has 1 unspecified atom stereocenters. The van der Waals surface area contributed by atoms with Crippen LogP contribution in [-0.4, -0.2) is 54.8 Å². The molecule has 6 heteroatoms. The van der Waals surface area contributed by atoms with E-state index in [0.29, 0.717) is 37.4 Å². The number of rotatable bonds is 5. The molecule has 0 aliphatic carbocycles. The first-order valence-corrected chi connectivity index (χ1v) is 6.97. The predicted molar refractivity (Wildman–Crippen MR) is 76.7 cm³/mol. The first kappa shape index (κ1) is 15.3. The number of hydrogen-bond acceptors (Lipinski definition) is 5. The van der Waals surface area contributed by atoms with Crippen molar-refractivity contribution in [2.24, 2.45) is 0 Å². The van der Waals surface area contributed by atoms with Crippen LogP contribution in [0.4, 0.5) is 0 Å². The van der Waals surface area contributed by atoms with Crippen LogP contribution in [0.15, 0.2) is 24.3 Å². The van der Waals surface area contributed by atoms with Crippen molar-refractivity contribution in [3.63, 3.8) is 0 Å². The number of benzene rings is 1. The lowest BCUT2D eigenvalue weighted by Gasteiger charge is -2.22. The van der Waals surface area contributed by atoms with Crippen molar-refractivity contribution >= 4 is 5.91 Å². The second-order valence-electron chi connectivity index (χ2n) is 5.00. The molecule has 1 aromatic carbocycles. The SMILES string of the molecule is N#Cc1ccc(OCC(O)CN2CCNC(=O)CC2)cc1. The van der Waals surface area contributed by atoms with E-state index in [1.54, 1.807) is 24.3 Å². The van der Waals surface area contributed by atoms with Gasteiger partial charge in [0.15, 0.2) is 0 Å². The number of nitriles is 1. The van der Waals surface area contributed by atoms with Gasteiger partial charge in [0.05, 0.1) is 11.6 Å². The average molecular weight is 289 g/mol. The van der Waals surface area contributed by atoms with Gasteiger partial charge >= 0.3 is 0 Å². The van der Waals surface area contributed by atoms with Gasteiger partial charge in [0.1, 0.15) is 18.5 Å². The molecule has 0 aromatic heterocycles. The Kier molecular flexibility index (Phi) is 5.55. The molecule has 1 heterocycles. The summed E-state index contributed by atoms with van der Waals surface area (Å²) in [4.78, 5) is 13.3. The van der Waals surface area contributed by atoms with Crippen LogP contribution in [0.3, 0.4) is 0 Å². The second-order valence-corrected chi connectivity index (χ2v) is 5.00. The van der Waals surface area contributed by atoms with Crippen LogP contribution in [0.5, 0.6) is 5.75 Å². The van der Waals surface area contributed by atoms with E-state index in [0.717, 1.165) is 6.54 Å². The van der Waals surface area contributed by atoms with Gasteiger partial charge < -0.3 is 15.2 Å². The van der Waals surface area contributed by atoms with Crippen LogP contribution in [0.2, 0.25) is 0 Å². The fourth-order valence-electron chi connectivity index (χ4n) is 2.16. The third-order valence-corrected chi connectivity index (χ3v) is 3.30. The minimum atomic E-state index is -0.617. The van der Waals surface area contributed by atoms with Gasteiger partial charge in [-0.2, -0.15) is 5.26 Å². The zero-order chi connectivity index (χ0) is 15.1. The summed E-state index contributed by atoms with van der Waals surface area (Å²) in [6.45, 7) is 2.66. The monoisotopic (exact) mass is 289 g/mol. The fraction of sp³-hybridized carbons (Fsp3) is 0.467. The Hall–Kier alpha value is -2.10. The maximum absolute atomic E-state index is 11.2. The van der Waals surface area contributed by atoms with E-state index in [4.69, 9.17) is 10.00 Å². The quantitative estimate of drug-likeness (QED) is 0.804. The summed E-state index contributed by atoms with van der Waals surface area (Å²) < 4.78 is 5.49. The number of nitrogens with one attached hydrogen (secondary N) is 1. The number of hydrogen-bond donors (Lipinski definition) is 2. The molecule has 1 amide bonds. The molecule has 0 saturated carbocycles. The highest BCUT2D eigenvalue weighted by Gasteiger charge is 2.16. The first-order chi connectivity index (χ1) is 10.2. The third-order valence-electron chi connectivity index (χ3n) is 3.30. The van der Waals surface area contributed by atoms with E-state index in [1.807, 2.05) is 11.0 Å². The maximum atomic E-state index is 11.2. The van der Waals surface area contributed by atoms with Gasteiger partial charge in [-0.15, -0.1) is 0 Å². The van der Waals surface area contributed by atoms with Crippen molar-refractivity contribution < 1.29 is 14.6 Å². The lowest BCUT2D eigenvalue weighted by Crippen LogP contribution is -2.37. The van der Waals surface area contributed by atoms with Crippen LogP contribution >= 0.6 is 0 Å². The summed E-state index contributed by atoms with van der Waals surface area (Å²) >= 11 is 0. The lowest BCUT2D eigenvalue weighted by atomic mass is 10.2. The molecule has 2 N–H and O–H groups in total. The van der Waals surface area contributed by atoms with Crippen LogP contribution in [0, 0.1) is 11.3 Å². The lowest BCUT2D eigenvalue weighted by molar-refractivity contribution is -0.120. The Bertz CT molecular complexity index is 510. The van der Waals surface area contributed by atoms with E-state index in [-0.39, 0.29) is 12.5 Å². The standard InChI is InChI=1S/C15H19N3O3/c16-9-12-1-3-14(4-2-12)21-11-13(19)10-18-7-5-15(20)17-6-8-18/h1-4,13,19H,5-8,10-11H2,(H,17,20). The largest absolute Gasteiger partial charge is 0.491 e. The predicted octanol–water partition coefficient (Wildman–Crippen LogP) is 0.120. The van der Waals surface area contributed by atoms with E-state index >= 15 is 0 Å². The Labute approximate surface area is 123 Å². The van der Waals surface area contributed by atoms with Gasteiger partial charge in [-0.3, -0.25) is 9.69 Å². The molecule has 0 spiro atoms. The minimum Gasteiger partial charge on any atom is -0.491 e.